The molecule has 2 N–H and O–H groups in total. The summed E-state index contributed by atoms with van der Waals surface area (Å²) in [6, 6.07) is 4.93. The molecule has 5 rings (SSSR count). The first-order valence-electron chi connectivity index (χ1n) is 10.3. The molecule has 2 aromatic heterocycles. The third-order valence-electron chi connectivity index (χ3n) is 5.95. The first-order chi connectivity index (χ1) is 15.9. The van der Waals surface area contributed by atoms with Gasteiger partial charge in [-0.15, -0.1) is 0 Å². The molecule has 1 aliphatic rings. The Hall–Kier alpha value is -3.30. The fourth-order valence-corrected chi connectivity index (χ4v) is 5.48. The standard InChI is InChI=1S/C23H20ClFN6OS/c1-3-17(32)30-6-8-31(9-7-30)22-14-10-15(24)18(12(2)19(14)27-11-28-22)13-4-5-16(25)21-20(13)29-23(26)33-21/h3-5,10-11H,1,6-9H2,2H3,(H2,26,29). The van der Waals surface area contributed by atoms with Crippen LogP contribution in [0, 0.1) is 12.7 Å². The molecule has 1 saturated heterocycles. The number of halogens is 2. The lowest BCUT2D eigenvalue weighted by Crippen LogP contribution is -2.48. The highest BCUT2D eigenvalue weighted by Gasteiger charge is 2.24. The second-order valence-corrected chi connectivity index (χ2v) is 9.23. The molecule has 7 nitrogen and oxygen atoms in total. The molecule has 2 aromatic carbocycles. The van der Waals surface area contributed by atoms with Crippen LogP contribution in [0.5, 0.6) is 0 Å². The van der Waals surface area contributed by atoms with E-state index in [2.05, 4.69) is 26.4 Å². The molecule has 10 heteroatoms. The fourth-order valence-electron chi connectivity index (χ4n) is 4.36. The van der Waals surface area contributed by atoms with Crippen LogP contribution in [0.3, 0.4) is 0 Å². The van der Waals surface area contributed by atoms with Crippen molar-refractivity contribution in [2.24, 2.45) is 0 Å². The number of nitrogen functional groups attached to an aromatic ring is 1. The number of aryl methyl sites for hydroxylation is 1. The average Bonchev–Trinajstić information content (AvgIpc) is 3.22. The zero-order chi connectivity index (χ0) is 23.3. The van der Waals surface area contributed by atoms with Gasteiger partial charge in [-0.25, -0.2) is 19.3 Å². The summed E-state index contributed by atoms with van der Waals surface area (Å²) in [5.41, 5.74) is 9.40. The molecule has 0 saturated carbocycles. The van der Waals surface area contributed by atoms with Gasteiger partial charge < -0.3 is 15.5 Å². The molecule has 0 aliphatic carbocycles. The molecule has 1 amide bonds. The predicted molar refractivity (Wildman–Crippen MR) is 131 cm³/mol. The number of nitrogens with zero attached hydrogens (tertiary/aromatic N) is 5. The van der Waals surface area contributed by atoms with Crippen LogP contribution in [0.4, 0.5) is 15.3 Å². The number of rotatable bonds is 3. The first kappa shape index (κ1) is 21.5. The molecule has 0 radical (unpaired) electrons. The molecule has 33 heavy (non-hydrogen) atoms. The zero-order valence-corrected chi connectivity index (χ0v) is 19.4. The van der Waals surface area contributed by atoms with Gasteiger partial charge in [-0.1, -0.05) is 29.5 Å². The van der Waals surface area contributed by atoms with E-state index in [4.69, 9.17) is 17.3 Å². The third-order valence-corrected chi connectivity index (χ3v) is 7.14. The van der Waals surface area contributed by atoms with Gasteiger partial charge in [-0.05, 0) is 36.8 Å². The molecule has 3 heterocycles. The van der Waals surface area contributed by atoms with E-state index in [0.717, 1.165) is 39.2 Å². The second kappa shape index (κ2) is 8.24. The number of thiazole rings is 1. The van der Waals surface area contributed by atoms with Crippen LogP contribution >= 0.6 is 22.9 Å². The Kier molecular flexibility index (Phi) is 5.38. The van der Waals surface area contributed by atoms with Gasteiger partial charge in [-0.3, -0.25) is 4.79 Å². The van der Waals surface area contributed by atoms with E-state index in [1.807, 2.05) is 13.0 Å². The van der Waals surface area contributed by atoms with Crippen LogP contribution in [0.25, 0.3) is 32.2 Å². The number of amides is 1. The summed E-state index contributed by atoms with van der Waals surface area (Å²) >= 11 is 7.91. The topological polar surface area (TPSA) is 88.2 Å². The number of anilines is 2. The largest absolute Gasteiger partial charge is 0.375 e. The molecule has 0 bridgehead atoms. The zero-order valence-electron chi connectivity index (χ0n) is 17.8. The quantitative estimate of drug-likeness (QED) is 0.435. The molecule has 0 unspecified atom stereocenters. The highest BCUT2D eigenvalue weighted by Crippen LogP contribution is 2.42. The maximum absolute atomic E-state index is 14.3. The van der Waals surface area contributed by atoms with E-state index in [1.54, 1.807) is 11.0 Å². The summed E-state index contributed by atoms with van der Waals surface area (Å²) in [5.74, 6) is 0.333. The number of fused-ring (bicyclic) bond motifs is 2. The molecule has 168 valence electrons. The summed E-state index contributed by atoms with van der Waals surface area (Å²) in [7, 11) is 0. The number of carbonyl (C=O) groups excluding carboxylic acids is 1. The summed E-state index contributed by atoms with van der Waals surface area (Å²) in [4.78, 5) is 29.2. The third kappa shape index (κ3) is 3.57. The summed E-state index contributed by atoms with van der Waals surface area (Å²) in [5, 5.41) is 1.61. The van der Waals surface area contributed by atoms with Gasteiger partial charge in [-0.2, -0.15) is 0 Å². The molecule has 0 atom stereocenters. The van der Waals surface area contributed by atoms with Crippen molar-refractivity contribution in [2.45, 2.75) is 6.92 Å². The molecular weight excluding hydrogens is 463 g/mol. The minimum atomic E-state index is -0.365. The Morgan fingerprint density at radius 1 is 1.24 bits per heavy atom. The number of hydrogen-bond donors (Lipinski definition) is 1. The number of aromatic nitrogens is 3. The molecule has 1 fully saturated rings. The number of hydrogen-bond acceptors (Lipinski definition) is 7. The number of piperazine rings is 1. The van der Waals surface area contributed by atoms with Crippen LogP contribution in [0.2, 0.25) is 5.02 Å². The van der Waals surface area contributed by atoms with Crippen molar-refractivity contribution in [3.05, 3.63) is 53.6 Å². The van der Waals surface area contributed by atoms with Gasteiger partial charge in [0.05, 0.1) is 15.7 Å². The van der Waals surface area contributed by atoms with Crippen molar-refractivity contribution >= 4 is 60.9 Å². The van der Waals surface area contributed by atoms with Crippen LogP contribution in [-0.2, 0) is 4.79 Å². The Balaban J connectivity index is 1.61. The van der Waals surface area contributed by atoms with Gasteiger partial charge in [0, 0.05) is 47.7 Å². The van der Waals surface area contributed by atoms with Gasteiger partial charge in [0.25, 0.3) is 0 Å². The van der Waals surface area contributed by atoms with E-state index in [-0.39, 0.29) is 11.7 Å². The van der Waals surface area contributed by atoms with Gasteiger partial charge in [0.2, 0.25) is 5.91 Å². The van der Waals surface area contributed by atoms with Gasteiger partial charge >= 0.3 is 0 Å². The minimum absolute atomic E-state index is 0.0704. The Labute approximate surface area is 198 Å². The smallest absolute Gasteiger partial charge is 0.246 e. The number of carbonyl (C=O) groups is 1. The van der Waals surface area contributed by atoms with E-state index in [0.29, 0.717) is 52.1 Å². The van der Waals surface area contributed by atoms with E-state index in [9.17, 15) is 9.18 Å². The molecule has 1 aliphatic heterocycles. The summed E-state index contributed by atoms with van der Waals surface area (Å²) < 4.78 is 14.7. The number of benzene rings is 2. The normalized spacial score (nSPS) is 14.3. The van der Waals surface area contributed by atoms with Crippen molar-refractivity contribution < 1.29 is 9.18 Å². The van der Waals surface area contributed by atoms with Crippen molar-refractivity contribution in [3.8, 4) is 11.1 Å². The van der Waals surface area contributed by atoms with Crippen molar-refractivity contribution in [2.75, 3.05) is 36.8 Å². The SMILES string of the molecule is C=CC(=O)N1CCN(c2ncnc3c(C)c(-c4ccc(F)c5sc(N)nc45)c(Cl)cc23)CC1. The lowest BCUT2D eigenvalue weighted by molar-refractivity contribution is -0.126. The van der Waals surface area contributed by atoms with E-state index < -0.39 is 0 Å². The maximum atomic E-state index is 14.3. The Bertz CT molecular complexity index is 1430. The lowest BCUT2D eigenvalue weighted by atomic mass is 9.96. The van der Waals surface area contributed by atoms with Crippen molar-refractivity contribution in [1.29, 1.82) is 0 Å². The monoisotopic (exact) mass is 482 g/mol. The second-order valence-electron chi connectivity index (χ2n) is 7.79. The van der Waals surface area contributed by atoms with Crippen LogP contribution in [-0.4, -0.2) is 51.9 Å². The van der Waals surface area contributed by atoms with E-state index in [1.165, 1.54) is 18.5 Å². The van der Waals surface area contributed by atoms with Crippen LogP contribution in [0.1, 0.15) is 5.56 Å². The molecule has 0 spiro atoms. The molecule has 4 aromatic rings. The van der Waals surface area contributed by atoms with Gasteiger partial charge in [0.15, 0.2) is 5.13 Å². The lowest BCUT2D eigenvalue weighted by Gasteiger charge is -2.35. The minimum Gasteiger partial charge on any atom is -0.375 e. The Morgan fingerprint density at radius 3 is 2.73 bits per heavy atom. The van der Waals surface area contributed by atoms with Crippen molar-refractivity contribution in [3.63, 3.8) is 0 Å². The Morgan fingerprint density at radius 2 is 2.00 bits per heavy atom. The van der Waals surface area contributed by atoms with Crippen LogP contribution in [0.15, 0.2) is 37.2 Å². The van der Waals surface area contributed by atoms with Gasteiger partial charge in [0.1, 0.15) is 18.0 Å². The molecular formula is C23H20ClFN6OS. The highest BCUT2D eigenvalue weighted by atomic mass is 35.5. The summed E-state index contributed by atoms with van der Waals surface area (Å²) in [6.07, 6.45) is 2.87. The predicted octanol–water partition coefficient (Wildman–Crippen LogP) is 4.42. The summed E-state index contributed by atoms with van der Waals surface area (Å²) in [6.45, 7) is 7.94. The highest BCUT2D eigenvalue weighted by molar-refractivity contribution is 7.22. The first-order valence-corrected chi connectivity index (χ1v) is 11.5. The fraction of sp³-hybridized carbons (Fsp3) is 0.217. The average molecular weight is 483 g/mol. The maximum Gasteiger partial charge on any atom is 0.246 e. The number of nitrogens with two attached hydrogens (primary N) is 1. The van der Waals surface area contributed by atoms with Crippen molar-refractivity contribution in [1.82, 2.24) is 19.9 Å². The van der Waals surface area contributed by atoms with Crippen LogP contribution < -0.4 is 10.6 Å². The van der Waals surface area contributed by atoms with E-state index >= 15 is 0 Å².